The molecule has 0 saturated heterocycles. The maximum atomic E-state index is 12.5. The second-order valence-electron chi connectivity index (χ2n) is 7.66. The van der Waals surface area contributed by atoms with Gasteiger partial charge in [-0.2, -0.15) is 0 Å². The zero-order chi connectivity index (χ0) is 23.7. The van der Waals surface area contributed by atoms with Crippen molar-refractivity contribution < 1.29 is 33.4 Å². The van der Waals surface area contributed by atoms with Crippen molar-refractivity contribution >= 4 is 35.3 Å². The molecule has 0 aliphatic carbocycles. The van der Waals surface area contributed by atoms with Crippen LogP contribution in [0.25, 0.3) is 0 Å². The summed E-state index contributed by atoms with van der Waals surface area (Å²) < 4.78 is 15.1. The molecule has 0 fully saturated rings. The fourth-order valence-corrected chi connectivity index (χ4v) is 3.27. The van der Waals surface area contributed by atoms with Crippen molar-refractivity contribution in [3.8, 4) is 0 Å². The molecule has 9 nitrogen and oxygen atoms in total. The quantitative estimate of drug-likeness (QED) is 0.457. The van der Waals surface area contributed by atoms with E-state index in [1.807, 2.05) is 18.2 Å². The van der Waals surface area contributed by atoms with Crippen LogP contribution in [0.4, 0.5) is 4.79 Å². The number of hydrogen-bond donors (Lipinski definition) is 2. The number of rotatable bonds is 8. The molecule has 1 aromatic heterocycles. The minimum absolute atomic E-state index is 0.0194. The number of amides is 2. The van der Waals surface area contributed by atoms with Crippen LogP contribution in [0.5, 0.6) is 0 Å². The van der Waals surface area contributed by atoms with Crippen molar-refractivity contribution in [3.05, 3.63) is 57.8 Å². The van der Waals surface area contributed by atoms with E-state index in [-0.39, 0.29) is 22.9 Å². The first-order valence-corrected chi connectivity index (χ1v) is 10.6. The van der Waals surface area contributed by atoms with Gasteiger partial charge in [0.25, 0.3) is 5.91 Å². The van der Waals surface area contributed by atoms with Crippen LogP contribution >= 0.6 is 11.3 Å². The van der Waals surface area contributed by atoms with Gasteiger partial charge in [0.1, 0.15) is 23.1 Å². The highest BCUT2D eigenvalue weighted by Gasteiger charge is 2.28. The van der Waals surface area contributed by atoms with Crippen LogP contribution < -0.4 is 10.6 Å². The molecule has 0 aliphatic rings. The Morgan fingerprint density at radius 1 is 1.00 bits per heavy atom. The van der Waals surface area contributed by atoms with Gasteiger partial charge in [0, 0.05) is 6.54 Å². The molecule has 1 heterocycles. The van der Waals surface area contributed by atoms with E-state index in [4.69, 9.17) is 9.47 Å². The van der Waals surface area contributed by atoms with Crippen LogP contribution in [0.1, 0.15) is 45.7 Å². The number of ether oxygens (including phenoxy) is 3. The van der Waals surface area contributed by atoms with Gasteiger partial charge in [-0.25, -0.2) is 14.4 Å². The Labute approximate surface area is 190 Å². The highest BCUT2D eigenvalue weighted by atomic mass is 32.1. The zero-order valence-electron chi connectivity index (χ0n) is 18.3. The van der Waals surface area contributed by atoms with Crippen molar-refractivity contribution in [3.63, 3.8) is 0 Å². The molecule has 0 spiro atoms. The van der Waals surface area contributed by atoms with Crippen LogP contribution in [0.3, 0.4) is 0 Å². The standard InChI is InChI=1S/C22H26N2O7S/c1-22(2,3)31-19(26)15(24-21(28)30-13-14-8-6-5-7-9-14)12-23-18(25)16-10-11-17(32-16)20(27)29-4/h5-11,15H,12-13H2,1-4H3,(H,23,25)(H,24,28). The number of thiophene rings is 1. The summed E-state index contributed by atoms with van der Waals surface area (Å²) in [5.74, 6) is -1.79. The third kappa shape index (κ3) is 8.03. The molecule has 32 heavy (non-hydrogen) atoms. The molecule has 0 aliphatic heterocycles. The summed E-state index contributed by atoms with van der Waals surface area (Å²) in [7, 11) is 1.25. The van der Waals surface area contributed by atoms with Gasteiger partial charge in [-0.3, -0.25) is 4.79 Å². The van der Waals surface area contributed by atoms with Gasteiger partial charge < -0.3 is 24.8 Å². The van der Waals surface area contributed by atoms with Gasteiger partial charge in [-0.1, -0.05) is 30.3 Å². The number of carbonyl (C=O) groups excluding carboxylic acids is 4. The van der Waals surface area contributed by atoms with E-state index in [1.54, 1.807) is 32.9 Å². The summed E-state index contributed by atoms with van der Waals surface area (Å²) in [5, 5.41) is 4.99. The first-order chi connectivity index (χ1) is 15.1. The van der Waals surface area contributed by atoms with Crippen molar-refractivity contribution in [2.75, 3.05) is 13.7 Å². The topological polar surface area (TPSA) is 120 Å². The molecular weight excluding hydrogens is 436 g/mol. The number of nitrogens with one attached hydrogen (secondary N) is 2. The molecule has 2 N–H and O–H groups in total. The Kier molecular flexibility index (Phi) is 8.77. The predicted octanol–water partition coefficient (Wildman–Crippen LogP) is 2.90. The summed E-state index contributed by atoms with van der Waals surface area (Å²) >= 11 is 0.949. The van der Waals surface area contributed by atoms with Crippen LogP contribution in [0.2, 0.25) is 0 Å². The summed E-state index contributed by atoms with van der Waals surface area (Å²) in [4.78, 5) is 49.3. The molecule has 0 saturated carbocycles. The lowest BCUT2D eigenvalue weighted by molar-refractivity contribution is -0.157. The molecule has 0 radical (unpaired) electrons. The lowest BCUT2D eigenvalue weighted by Crippen LogP contribution is -2.50. The van der Waals surface area contributed by atoms with Gasteiger partial charge in [0.2, 0.25) is 0 Å². The Morgan fingerprint density at radius 2 is 1.66 bits per heavy atom. The number of esters is 2. The average molecular weight is 463 g/mol. The molecule has 1 atom stereocenters. The third-order valence-corrected chi connectivity index (χ3v) is 4.94. The second-order valence-corrected chi connectivity index (χ2v) is 8.74. The summed E-state index contributed by atoms with van der Waals surface area (Å²) in [6.07, 6.45) is -0.830. The Bertz CT molecular complexity index is 951. The third-order valence-electron chi connectivity index (χ3n) is 3.88. The smallest absolute Gasteiger partial charge is 0.408 e. The van der Waals surface area contributed by atoms with E-state index in [0.717, 1.165) is 16.9 Å². The molecule has 1 aromatic carbocycles. The average Bonchev–Trinajstić information content (AvgIpc) is 3.24. The summed E-state index contributed by atoms with van der Waals surface area (Å²) in [6, 6.07) is 10.8. The van der Waals surface area contributed by atoms with Crippen LogP contribution in [-0.2, 0) is 25.6 Å². The molecule has 2 rings (SSSR count). The summed E-state index contributed by atoms with van der Waals surface area (Å²) in [6.45, 7) is 4.85. The second kappa shape index (κ2) is 11.3. The van der Waals surface area contributed by atoms with E-state index in [1.165, 1.54) is 19.2 Å². The van der Waals surface area contributed by atoms with Crippen molar-refractivity contribution in [1.29, 1.82) is 0 Å². The molecular formula is C22H26N2O7S. The maximum absolute atomic E-state index is 12.5. The molecule has 0 bridgehead atoms. The normalized spacial score (nSPS) is 11.8. The fourth-order valence-electron chi connectivity index (χ4n) is 2.43. The van der Waals surface area contributed by atoms with Gasteiger partial charge in [0.05, 0.1) is 12.0 Å². The summed E-state index contributed by atoms with van der Waals surface area (Å²) in [5.41, 5.74) is -0.0122. The van der Waals surface area contributed by atoms with Gasteiger partial charge in [-0.15, -0.1) is 11.3 Å². The van der Waals surface area contributed by atoms with Gasteiger partial charge in [-0.05, 0) is 38.5 Å². The van der Waals surface area contributed by atoms with E-state index in [0.29, 0.717) is 0 Å². The first kappa shape index (κ1) is 24.9. The number of methoxy groups -OCH3 is 1. The fraction of sp³-hybridized carbons (Fsp3) is 0.364. The largest absolute Gasteiger partial charge is 0.465 e. The SMILES string of the molecule is COC(=O)c1ccc(C(=O)NCC(NC(=O)OCc2ccccc2)C(=O)OC(C)(C)C)s1. The molecule has 2 aromatic rings. The molecule has 2 amide bonds. The monoisotopic (exact) mass is 462 g/mol. The van der Waals surface area contributed by atoms with Crippen molar-refractivity contribution in [2.24, 2.45) is 0 Å². The van der Waals surface area contributed by atoms with Crippen LogP contribution in [0, 0.1) is 0 Å². The lowest BCUT2D eigenvalue weighted by atomic mass is 10.2. The minimum Gasteiger partial charge on any atom is -0.465 e. The molecule has 172 valence electrons. The minimum atomic E-state index is -1.18. The number of alkyl carbamates (subject to hydrolysis) is 1. The van der Waals surface area contributed by atoms with E-state index >= 15 is 0 Å². The van der Waals surface area contributed by atoms with Crippen LogP contribution in [0.15, 0.2) is 42.5 Å². The van der Waals surface area contributed by atoms with E-state index in [2.05, 4.69) is 15.4 Å². The lowest BCUT2D eigenvalue weighted by Gasteiger charge is -2.24. The van der Waals surface area contributed by atoms with Gasteiger partial charge >= 0.3 is 18.0 Å². The highest BCUT2D eigenvalue weighted by molar-refractivity contribution is 7.15. The van der Waals surface area contributed by atoms with E-state index in [9.17, 15) is 19.2 Å². The number of benzene rings is 1. The number of carbonyl (C=O) groups is 4. The molecule has 1 unspecified atom stereocenters. The Morgan fingerprint density at radius 3 is 2.28 bits per heavy atom. The number of hydrogen-bond acceptors (Lipinski definition) is 8. The predicted molar refractivity (Wildman–Crippen MR) is 117 cm³/mol. The van der Waals surface area contributed by atoms with Crippen molar-refractivity contribution in [2.45, 2.75) is 39.0 Å². The van der Waals surface area contributed by atoms with E-state index < -0.39 is 35.6 Å². The first-order valence-electron chi connectivity index (χ1n) is 9.75. The highest BCUT2D eigenvalue weighted by Crippen LogP contribution is 2.17. The maximum Gasteiger partial charge on any atom is 0.408 e. The zero-order valence-corrected chi connectivity index (χ0v) is 19.1. The Balaban J connectivity index is 2.00. The molecule has 10 heteroatoms. The van der Waals surface area contributed by atoms with Crippen molar-refractivity contribution in [1.82, 2.24) is 10.6 Å². The Hall–Kier alpha value is -3.40. The van der Waals surface area contributed by atoms with Crippen LogP contribution in [-0.4, -0.2) is 49.2 Å². The van der Waals surface area contributed by atoms with Gasteiger partial charge in [0.15, 0.2) is 0 Å².